The lowest BCUT2D eigenvalue weighted by molar-refractivity contribution is -0.115. The molecule has 1 fully saturated rings. The highest BCUT2D eigenvalue weighted by Crippen LogP contribution is 2.30. The van der Waals surface area contributed by atoms with Crippen LogP contribution in [0.2, 0.25) is 0 Å². The maximum Gasteiger partial charge on any atom is 0.264 e. The van der Waals surface area contributed by atoms with E-state index in [0.717, 1.165) is 28.3 Å². The summed E-state index contributed by atoms with van der Waals surface area (Å²) >= 11 is 1.34. The molecule has 1 saturated heterocycles. The smallest absolute Gasteiger partial charge is 0.264 e. The normalized spacial score (nSPS) is 16.2. The SMILES string of the molecule is Cc1cc(/C=C2\SC(=Nc3ccccc3)NC2=O)c(C)n1-c1ccc(C#N)cc1. The summed E-state index contributed by atoms with van der Waals surface area (Å²) in [6.07, 6.45) is 1.90. The first-order chi connectivity index (χ1) is 14.0. The Kier molecular flexibility index (Phi) is 5.07. The molecule has 0 bridgehead atoms. The quantitative estimate of drug-likeness (QED) is 0.641. The fourth-order valence-corrected chi connectivity index (χ4v) is 4.09. The van der Waals surface area contributed by atoms with Crippen molar-refractivity contribution in [2.45, 2.75) is 13.8 Å². The minimum absolute atomic E-state index is 0.146. The summed E-state index contributed by atoms with van der Waals surface area (Å²) in [5, 5.41) is 12.4. The summed E-state index contributed by atoms with van der Waals surface area (Å²) in [6.45, 7) is 4.05. The Morgan fingerprint density at radius 1 is 1.10 bits per heavy atom. The van der Waals surface area contributed by atoms with Crippen LogP contribution in [0.25, 0.3) is 11.8 Å². The number of amides is 1. The molecule has 0 aliphatic carbocycles. The molecular formula is C23H18N4OS. The van der Waals surface area contributed by atoms with E-state index in [-0.39, 0.29) is 5.91 Å². The van der Waals surface area contributed by atoms with Crippen molar-refractivity contribution >= 4 is 34.6 Å². The highest BCUT2D eigenvalue weighted by Gasteiger charge is 2.24. The molecular weight excluding hydrogens is 380 g/mol. The predicted molar refractivity (Wildman–Crippen MR) is 117 cm³/mol. The highest BCUT2D eigenvalue weighted by molar-refractivity contribution is 8.18. The number of nitriles is 1. The number of aliphatic imine (C=N–C) groups is 1. The zero-order chi connectivity index (χ0) is 20.4. The van der Waals surface area contributed by atoms with Crippen LogP contribution in [0.5, 0.6) is 0 Å². The second-order valence-corrected chi connectivity index (χ2v) is 7.67. The Hall–Kier alpha value is -3.56. The third-order valence-corrected chi connectivity index (χ3v) is 5.56. The van der Waals surface area contributed by atoms with E-state index >= 15 is 0 Å². The maximum atomic E-state index is 12.4. The van der Waals surface area contributed by atoms with Gasteiger partial charge in [0.15, 0.2) is 5.17 Å². The standard InChI is InChI=1S/C23H18N4OS/c1-15-12-18(16(2)27(15)20-10-8-17(14-24)9-11-20)13-21-22(28)26-23(29-21)25-19-6-4-3-5-7-19/h3-13H,1-2H3,(H,25,26,28)/b21-13-. The van der Waals surface area contributed by atoms with Gasteiger partial charge in [0.05, 0.1) is 22.2 Å². The zero-order valence-electron chi connectivity index (χ0n) is 16.0. The van der Waals surface area contributed by atoms with E-state index in [9.17, 15) is 4.79 Å². The van der Waals surface area contributed by atoms with Gasteiger partial charge in [0.2, 0.25) is 0 Å². The van der Waals surface area contributed by atoms with E-state index in [1.54, 1.807) is 12.1 Å². The number of hydrogen-bond donors (Lipinski definition) is 1. The number of benzene rings is 2. The molecule has 1 aromatic heterocycles. The monoisotopic (exact) mass is 398 g/mol. The number of nitrogens with one attached hydrogen (secondary N) is 1. The predicted octanol–water partition coefficient (Wildman–Crippen LogP) is 4.86. The molecule has 6 heteroatoms. The number of carbonyl (C=O) groups is 1. The largest absolute Gasteiger partial charge is 0.318 e. The van der Waals surface area contributed by atoms with Crippen molar-refractivity contribution < 1.29 is 4.79 Å². The van der Waals surface area contributed by atoms with Crippen LogP contribution >= 0.6 is 11.8 Å². The number of aryl methyl sites for hydroxylation is 1. The Balaban J connectivity index is 1.64. The van der Waals surface area contributed by atoms with Crippen LogP contribution in [0.4, 0.5) is 5.69 Å². The summed E-state index contributed by atoms with van der Waals surface area (Å²) in [4.78, 5) is 17.5. The molecule has 3 aromatic rings. The van der Waals surface area contributed by atoms with Gasteiger partial charge in [0.1, 0.15) is 0 Å². The lowest BCUT2D eigenvalue weighted by Gasteiger charge is -2.09. The lowest BCUT2D eigenvalue weighted by atomic mass is 10.2. The van der Waals surface area contributed by atoms with Gasteiger partial charge in [0.25, 0.3) is 5.91 Å². The molecule has 0 spiro atoms. The van der Waals surface area contributed by atoms with E-state index in [0.29, 0.717) is 15.6 Å². The Labute approximate surface area is 173 Å². The minimum Gasteiger partial charge on any atom is -0.318 e. The molecule has 1 amide bonds. The van der Waals surface area contributed by atoms with Gasteiger partial charge in [-0.05, 0) is 79.7 Å². The first kappa shape index (κ1) is 18.8. The van der Waals surface area contributed by atoms with Crippen molar-refractivity contribution in [1.82, 2.24) is 9.88 Å². The molecule has 2 aromatic carbocycles. The van der Waals surface area contributed by atoms with E-state index in [2.05, 4.69) is 27.0 Å². The maximum absolute atomic E-state index is 12.4. The Morgan fingerprint density at radius 2 is 1.83 bits per heavy atom. The summed E-state index contributed by atoms with van der Waals surface area (Å²) in [5.74, 6) is -0.146. The fourth-order valence-electron chi connectivity index (χ4n) is 3.26. The Bertz CT molecular complexity index is 1180. The Morgan fingerprint density at radius 3 is 2.52 bits per heavy atom. The van der Waals surface area contributed by atoms with Crippen LogP contribution in [0.1, 0.15) is 22.5 Å². The number of para-hydroxylation sites is 1. The molecule has 0 atom stereocenters. The van der Waals surface area contributed by atoms with Crippen molar-refractivity contribution in [1.29, 1.82) is 5.26 Å². The van der Waals surface area contributed by atoms with Gasteiger partial charge in [-0.2, -0.15) is 5.26 Å². The van der Waals surface area contributed by atoms with Crippen molar-refractivity contribution in [2.75, 3.05) is 0 Å². The average molecular weight is 398 g/mol. The molecule has 4 rings (SSSR count). The number of aromatic nitrogens is 1. The van der Waals surface area contributed by atoms with Crippen molar-refractivity contribution in [2.24, 2.45) is 4.99 Å². The van der Waals surface area contributed by atoms with Gasteiger partial charge < -0.3 is 9.88 Å². The topological polar surface area (TPSA) is 70.2 Å². The van der Waals surface area contributed by atoms with E-state index < -0.39 is 0 Å². The minimum atomic E-state index is -0.146. The molecule has 142 valence electrons. The highest BCUT2D eigenvalue weighted by atomic mass is 32.2. The number of carbonyl (C=O) groups excluding carboxylic acids is 1. The molecule has 1 N–H and O–H groups in total. The number of hydrogen-bond acceptors (Lipinski definition) is 4. The van der Waals surface area contributed by atoms with Gasteiger partial charge in [-0.3, -0.25) is 4.79 Å². The molecule has 0 saturated carbocycles. The van der Waals surface area contributed by atoms with Crippen molar-refractivity contribution in [3.63, 3.8) is 0 Å². The average Bonchev–Trinajstić information content (AvgIpc) is 3.21. The molecule has 0 unspecified atom stereocenters. The number of thioether (sulfide) groups is 1. The summed E-state index contributed by atoms with van der Waals surface area (Å²) in [6, 6.07) is 21.2. The second kappa shape index (κ2) is 7.82. The van der Waals surface area contributed by atoms with Gasteiger partial charge >= 0.3 is 0 Å². The lowest BCUT2D eigenvalue weighted by Crippen LogP contribution is -2.19. The van der Waals surface area contributed by atoms with Crippen LogP contribution in [0.15, 0.2) is 70.6 Å². The third-order valence-electron chi connectivity index (χ3n) is 4.65. The first-order valence-electron chi connectivity index (χ1n) is 9.09. The molecule has 1 aliphatic heterocycles. The van der Waals surface area contributed by atoms with Crippen LogP contribution in [0, 0.1) is 25.2 Å². The van der Waals surface area contributed by atoms with Gasteiger partial charge in [-0.25, -0.2) is 4.99 Å². The zero-order valence-corrected chi connectivity index (χ0v) is 16.8. The van der Waals surface area contributed by atoms with E-state index in [1.807, 2.05) is 62.4 Å². The van der Waals surface area contributed by atoms with E-state index in [1.165, 1.54) is 11.8 Å². The van der Waals surface area contributed by atoms with Crippen molar-refractivity contribution in [3.05, 3.63) is 88.1 Å². The molecule has 5 nitrogen and oxygen atoms in total. The number of nitrogens with zero attached hydrogens (tertiary/aromatic N) is 3. The van der Waals surface area contributed by atoms with Crippen LogP contribution in [-0.4, -0.2) is 15.6 Å². The summed E-state index contributed by atoms with van der Waals surface area (Å²) in [7, 11) is 0. The van der Waals surface area contributed by atoms with Gasteiger partial charge in [-0.15, -0.1) is 0 Å². The van der Waals surface area contributed by atoms with Crippen LogP contribution in [0.3, 0.4) is 0 Å². The van der Waals surface area contributed by atoms with Gasteiger partial charge in [-0.1, -0.05) is 18.2 Å². The van der Waals surface area contributed by atoms with E-state index in [4.69, 9.17) is 5.26 Å². The fraction of sp³-hybridized carbons (Fsp3) is 0.0870. The number of rotatable bonds is 3. The third kappa shape index (κ3) is 3.86. The summed E-state index contributed by atoms with van der Waals surface area (Å²) < 4.78 is 2.12. The van der Waals surface area contributed by atoms with Gasteiger partial charge in [0, 0.05) is 17.1 Å². The number of amidine groups is 1. The first-order valence-corrected chi connectivity index (χ1v) is 9.91. The molecule has 29 heavy (non-hydrogen) atoms. The van der Waals surface area contributed by atoms with Crippen LogP contribution in [-0.2, 0) is 4.79 Å². The molecule has 2 heterocycles. The second-order valence-electron chi connectivity index (χ2n) is 6.64. The van der Waals surface area contributed by atoms with Crippen LogP contribution < -0.4 is 5.32 Å². The summed E-state index contributed by atoms with van der Waals surface area (Å²) in [5.41, 5.74) is 5.48. The molecule has 0 radical (unpaired) electrons. The molecule has 1 aliphatic rings. The van der Waals surface area contributed by atoms with Crippen molar-refractivity contribution in [3.8, 4) is 11.8 Å².